The van der Waals surface area contributed by atoms with E-state index in [4.69, 9.17) is 35.4 Å². The molecular formula is C75H54NP3S3. The molecular weight excluding hydrogens is 1100 g/mol. The van der Waals surface area contributed by atoms with Crippen LogP contribution in [-0.2, 0) is 35.4 Å². The Kier molecular flexibility index (Phi) is 12.4. The summed E-state index contributed by atoms with van der Waals surface area (Å²) in [7, 11) is 0. The van der Waals surface area contributed by atoms with Crippen LogP contribution in [0.15, 0.2) is 273 Å². The topological polar surface area (TPSA) is 3.24 Å². The minimum Gasteiger partial charge on any atom is -0.306 e. The molecule has 0 unspecified atom stereocenters. The van der Waals surface area contributed by atoms with E-state index < -0.39 is 18.1 Å². The third kappa shape index (κ3) is 7.81. The summed E-state index contributed by atoms with van der Waals surface area (Å²) in [4.78, 5) is 2.66. The summed E-state index contributed by atoms with van der Waals surface area (Å²) >= 11 is 23.8. The summed E-state index contributed by atoms with van der Waals surface area (Å²) < 4.78 is 0. The molecule has 1 nitrogen and oxygen atoms in total. The van der Waals surface area contributed by atoms with Crippen molar-refractivity contribution < 1.29 is 0 Å². The lowest BCUT2D eigenvalue weighted by Crippen LogP contribution is -2.53. The zero-order valence-corrected chi connectivity index (χ0v) is 50.6. The molecule has 0 saturated heterocycles. The standard InChI is InChI=1S/C75H54NP3S3/c1-49-22-13-16-37-64(49)77(80)67-43-61(58-34-19-31-55(40-58)52-25-7-4-8-26-52)45-69-73(67)76-74-68(77)44-62(59-35-20-32-56(41-59)53-27-9-5-10-28-53)46-70(74)79(82,66-39-18-15-24-51(66)3)72-48-63(60-36-21-33-57(42-60)54-29-11-6-12-30-54)47-71(75(72)76)78(69,81)65-38-17-14-23-50(65)2/h4-48H,1-3H3. The van der Waals surface area contributed by atoms with E-state index in [9.17, 15) is 0 Å². The van der Waals surface area contributed by atoms with Gasteiger partial charge in [0.15, 0.2) is 0 Å². The predicted molar refractivity (Wildman–Crippen MR) is 367 cm³/mol. The molecule has 3 aliphatic rings. The van der Waals surface area contributed by atoms with Crippen LogP contribution in [-0.4, -0.2) is 0 Å². The third-order valence-electron chi connectivity index (χ3n) is 17.2. The van der Waals surface area contributed by atoms with Crippen LogP contribution >= 0.6 is 18.1 Å². The molecule has 7 heteroatoms. The molecule has 0 bridgehead atoms. The van der Waals surface area contributed by atoms with Gasteiger partial charge in [0.05, 0.1) is 17.1 Å². The number of aryl methyl sites for hydroxylation is 3. The highest BCUT2D eigenvalue weighted by Crippen LogP contribution is 2.67. The molecule has 3 heterocycles. The van der Waals surface area contributed by atoms with Gasteiger partial charge in [-0.25, -0.2) is 0 Å². The molecule has 12 aromatic carbocycles. The molecule has 3 aliphatic heterocycles. The largest absolute Gasteiger partial charge is 0.306 e. The zero-order chi connectivity index (χ0) is 55.5. The Morgan fingerprint density at radius 2 is 0.415 bits per heavy atom. The van der Waals surface area contributed by atoms with Gasteiger partial charge in [-0.2, -0.15) is 0 Å². The Labute approximate surface area is 496 Å². The van der Waals surface area contributed by atoms with Gasteiger partial charge in [0.1, 0.15) is 0 Å². The Hall–Kier alpha value is -7.61. The molecule has 0 N–H and O–H groups in total. The molecule has 0 amide bonds. The van der Waals surface area contributed by atoms with Gasteiger partial charge >= 0.3 is 0 Å². The molecule has 82 heavy (non-hydrogen) atoms. The van der Waals surface area contributed by atoms with Crippen molar-refractivity contribution in [2.75, 3.05) is 4.90 Å². The summed E-state index contributed by atoms with van der Waals surface area (Å²) in [5.74, 6) is 0. The summed E-state index contributed by atoms with van der Waals surface area (Å²) in [6.45, 7) is 6.77. The minimum atomic E-state index is -3.05. The van der Waals surface area contributed by atoms with Crippen LogP contribution in [0.1, 0.15) is 16.7 Å². The Bertz CT molecular complexity index is 4210. The molecule has 0 aliphatic carbocycles. The Morgan fingerprint density at radius 1 is 0.207 bits per heavy atom. The second-order valence-electron chi connectivity index (χ2n) is 22.0. The molecule has 392 valence electrons. The van der Waals surface area contributed by atoms with Gasteiger partial charge in [-0.3, -0.25) is 0 Å². The van der Waals surface area contributed by atoms with E-state index in [1.165, 1.54) is 81.1 Å². The van der Waals surface area contributed by atoms with Crippen LogP contribution in [0.3, 0.4) is 0 Å². The van der Waals surface area contributed by atoms with Crippen molar-refractivity contribution >= 4 is 118 Å². The SMILES string of the molecule is Cc1ccccc1P1(=S)c2cc(-c3cccc(-c4ccccc4)c3)cc3c2N2c4c1cc(-c1cccc(-c5ccccc5)c1)cc4P(=S)(c1ccccc1C)c1cc(-c4cccc(-c5ccccc5)c4)cc(c12)P3(=S)c1ccccc1C. The molecule has 0 saturated carbocycles. The molecule has 15 rings (SSSR count). The number of rotatable bonds is 9. The number of nitrogens with zero attached hydrogens (tertiary/aromatic N) is 1. The number of anilines is 3. The van der Waals surface area contributed by atoms with E-state index in [-0.39, 0.29) is 0 Å². The van der Waals surface area contributed by atoms with Gasteiger partial charge in [-0.05, 0) is 175 Å². The van der Waals surface area contributed by atoms with Gasteiger partial charge in [-0.15, -0.1) is 0 Å². The van der Waals surface area contributed by atoms with E-state index >= 15 is 0 Å². The molecule has 0 aromatic heterocycles. The maximum atomic E-state index is 7.92. The van der Waals surface area contributed by atoms with Gasteiger partial charge in [0.25, 0.3) is 0 Å². The van der Waals surface area contributed by atoms with Crippen molar-refractivity contribution in [2.45, 2.75) is 20.8 Å². The predicted octanol–water partition coefficient (Wildman–Crippen LogP) is 16.3. The van der Waals surface area contributed by atoms with Crippen LogP contribution in [0, 0.1) is 20.8 Å². The van der Waals surface area contributed by atoms with Crippen LogP contribution in [0.2, 0.25) is 0 Å². The smallest absolute Gasteiger partial charge is 0.0644 e. The summed E-state index contributed by atoms with van der Waals surface area (Å²) in [6.07, 6.45) is 0. The van der Waals surface area contributed by atoms with Gasteiger partial charge in [0.2, 0.25) is 0 Å². The average molecular weight is 1160 g/mol. The second-order valence-corrected chi connectivity index (χ2v) is 34.9. The van der Waals surface area contributed by atoms with E-state index in [2.05, 4.69) is 299 Å². The minimum absolute atomic E-state index is 1.12. The monoisotopic (exact) mass is 1160 g/mol. The van der Waals surface area contributed by atoms with Crippen molar-refractivity contribution in [3.8, 4) is 66.8 Å². The zero-order valence-electron chi connectivity index (χ0n) is 45.5. The fraction of sp³-hybridized carbons (Fsp3) is 0.0400. The van der Waals surface area contributed by atoms with E-state index in [0.717, 1.165) is 67.1 Å². The van der Waals surface area contributed by atoms with Crippen molar-refractivity contribution in [1.29, 1.82) is 0 Å². The highest BCUT2D eigenvalue weighted by molar-refractivity contribution is 8.28. The van der Waals surface area contributed by atoms with Crippen LogP contribution < -0.4 is 52.6 Å². The lowest BCUT2D eigenvalue weighted by Gasteiger charge is -2.52. The number of benzene rings is 12. The van der Waals surface area contributed by atoms with Gasteiger partial charge in [-0.1, -0.05) is 254 Å². The quantitative estimate of drug-likeness (QED) is 0.132. The molecule has 12 aromatic rings. The van der Waals surface area contributed by atoms with Crippen LogP contribution in [0.5, 0.6) is 0 Å². The normalized spacial score (nSPS) is 18.0. The summed E-state index contributed by atoms with van der Waals surface area (Å²) in [5, 5.41) is 10.6. The van der Waals surface area contributed by atoms with E-state index in [0.29, 0.717) is 0 Å². The van der Waals surface area contributed by atoms with Gasteiger partial charge in [0, 0.05) is 49.9 Å². The highest BCUT2D eigenvalue weighted by Gasteiger charge is 2.53. The second kappa shape index (κ2) is 19.8. The first-order valence-electron chi connectivity index (χ1n) is 27.9. The molecule has 0 radical (unpaired) electrons. The van der Waals surface area contributed by atoms with Gasteiger partial charge < -0.3 is 4.90 Å². The third-order valence-corrected chi connectivity index (χ3v) is 32.2. The fourth-order valence-corrected chi connectivity index (χ4v) is 27.8. The van der Waals surface area contributed by atoms with E-state index in [1.54, 1.807) is 0 Å². The highest BCUT2D eigenvalue weighted by atomic mass is 32.4. The molecule has 0 spiro atoms. The van der Waals surface area contributed by atoms with E-state index in [1.807, 2.05) is 0 Å². The van der Waals surface area contributed by atoms with Crippen molar-refractivity contribution in [2.24, 2.45) is 0 Å². The number of hydrogen-bond donors (Lipinski definition) is 0. The molecule has 0 fully saturated rings. The van der Waals surface area contributed by atoms with Crippen molar-refractivity contribution in [3.05, 3.63) is 290 Å². The van der Waals surface area contributed by atoms with Crippen molar-refractivity contribution in [1.82, 2.24) is 0 Å². The lowest BCUT2D eigenvalue weighted by molar-refractivity contribution is 1.33. The first-order valence-corrected chi connectivity index (χ1v) is 36.3. The number of hydrogen-bond acceptors (Lipinski definition) is 4. The Balaban J connectivity index is 1.14. The summed E-state index contributed by atoms with van der Waals surface area (Å²) in [6, 6.07) is 91.9. The summed E-state index contributed by atoms with van der Waals surface area (Å²) in [5.41, 5.74) is 20.7. The first-order chi connectivity index (χ1) is 40.0. The Morgan fingerprint density at radius 3 is 0.659 bits per heavy atom. The fourth-order valence-electron chi connectivity index (χ4n) is 13.2. The maximum Gasteiger partial charge on any atom is 0.0644 e. The lowest BCUT2D eigenvalue weighted by atomic mass is 9.97. The van der Waals surface area contributed by atoms with Crippen LogP contribution in [0.25, 0.3) is 66.8 Å². The molecule has 0 atom stereocenters. The van der Waals surface area contributed by atoms with Crippen LogP contribution in [0.4, 0.5) is 17.1 Å². The first kappa shape index (κ1) is 51.3. The van der Waals surface area contributed by atoms with Crippen molar-refractivity contribution in [3.63, 3.8) is 0 Å². The maximum absolute atomic E-state index is 7.92. The average Bonchev–Trinajstić information content (AvgIpc) is 0.718.